The fraction of sp³-hybridized carbons (Fsp3) is 0.517. The number of aliphatic hydroxyl groups is 6. The van der Waals surface area contributed by atoms with Crippen LogP contribution in [-0.4, -0.2) is 123 Å². The number of hydrogen-bond donors (Lipinski definition) is 8. The summed E-state index contributed by atoms with van der Waals surface area (Å²) in [5, 5.41) is 83.1. The molecule has 0 amide bonds. The van der Waals surface area contributed by atoms with E-state index in [2.05, 4.69) is 0 Å². The van der Waals surface area contributed by atoms with Crippen molar-refractivity contribution >= 4 is 6.08 Å². The molecular formula is C29H36O15. The lowest BCUT2D eigenvalue weighted by Gasteiger charge is -2.43. The van der Waals surface area contributed by atoms with Crippen molar-refractivity contribution in [2.45, 2.75) is 74.4 Å². The van der Waals surface area contributed by atoms with Crippen LogP contribution in [0.25, 0.3) is 6.08 Å². The van der Waals surface area contributed by atoms with Gasteiger partial charge < -0.3 is 74.0 Å². The quantitative estimate of drug-likeness (QED) is 0.181. The summed E-state index contributed by atoms with van der Waals surface area (Å²) < 4.78 is 39.4. The maximum absolute atomic E-state index is 10.8. The molecule has 2 aromatic rings. The second kappa shape index (κ2) is 12.9. The molecule has 44 heavy (non-hydrogen) atoms. The van der Waals surface area contributed by atoms with E-state index < -0.39 is 74.1 Å². The van der Waals surface area contributed by atoms with E-state index in [1.165, 1.54) is 45.4 Å². The smallest absolute Gasteiger partial charge is 0.228 e. The number of aromatic hydroxyl groups is 2. The molecule has 0 radical (unpaired) electrons. The summed E-state index contributed by atoms with van der Waals surface area (Å²) in [7, 11) is 2.79. The van der Waals surface area contributed by atoms with E-state index in [1.54, 1.807) is 12.1 Å². The first-order chi connectivity index (χ1) is 20.9. The van der Waals surface area contributed by atoms with Gasteiger partial charge in [0.2, 0.25) is 6.29 Å². The molecule has 15 heteroatoms. The SMILES string of the molecule is COc1cc(O)c2c(c1)OC(c1ccc(O)c(OC)c1)C(O[C@@H]1O[C@H](CO[C@H]3O[C@H](C)[C@@H](O)[C@H](O)[C@@H]3O)[C@H](O)[C@H](O)[C@H]1O)=C2. The third-order valence-electron chi connectivity index (χ3n) is 7.78. The van der Waals surface area contributed by atoms with E-state index in [-0.39, 0.29) is 34.3 Å². The summed E-state index contributed by atoms with van der Waals surface area (Å²) in [6.07, 6.45) is -14.5. The topological polar surface area (TPSA) is 226 Å². The lowest BCUT2D eigenvalue weighted by atomic mass is 9.98. The maximum atomic E-state index is 10.8. The van der Waals surface area contributed by atoms with E-state index in [4.69, 9.17) is 33.2 Å². The molecule has 2 saturated heterocycles. The number of aliphatic hydroxyl groups excluding tert-OH is 6. The minimum absolute atomic E-state index is 0.00925. The number of benzene rings is 2. The number of methoxy groups -OCH3 is 2. The van der Waals surface area contributed by atoms with Gasteiger partial charge in [-0.1, -0.05) is 6.07 Å². The molecule has 0 aliphatic carbocycles. The van der Waals surface area contributed by atoms with Crippen LogP contribution in [0, 0.1) is 0 Å². The highest BCUT2D eigenvalue weighted by molar-refractivity contribution is 5.70. The molecule has 15 nitrogen and oxygen atoms in total. The van der Waals surface area contributed by atoms with Gasteiger partial charge in [-0.15, -0.1) is 0 Å². The van der Waals surface area contributed by atoms with Crippen LogP contribution in [0.2, 0.25) is 0 Å². The zero-order valence-corrected chi connectivity index (χ0v) is 24.0. The number of rotatable bonds is 8. The minimum atomic E-state index is -1.77. The van der Waals surface area contributed by atoms with Crippen molar-refractivity contribution in [3.05, 3.63) is 47.2 Å². The van der Waals surface area contributed by atoms with Gasteiger partial charge in [-0.25, -0.2) is 0 Å². The van der Waals surface area contributed by atoms with Gasteiger partial charge in [0.15, 0.2) is 23.9 Å². The average molecular weight is 625 g/mol. The highest BCUT2D eigenvalue weighted by atomic mass is 16.7. The molecule has 8 N–H and O–H groups in total. The molecule has 5 rings (SSSR count). The van der Waals surface area contributed by atoms with Gasteiger partial charge in [0, 0.05) is 17.7 Å². The molecule has 2 fully saturated rings. The van der Waals surface area contributed by atoms with Crippen molar-refractivity contribution < 1.29 is 74.0 Å². The summed E-state index contributed by atoms with van der Waals surface area (Å²) >= 11 is 0. The Hall–Kier alpha value is -3.38. The van der Waals surface area contributed by atoms with Gasteiger partial charge in [0.05, 0.1) is 32.5 Å². The van der Waals surface area contributed by atoms with Gasteiger partial charge >= 0.3 is 0 Å². The van der Waals surface area contributed by atoms with Crippen LogP contribution < -0.4 is 14.2 Å². The number of ether oxygens (including phenoxy) is 7. The summed E-state index contributed by atoms with van der Waals surface area (Å²) in [5.41, 5.74) is 0.648. The van der Waals surface area contributed by atoms with Crippen LogP contribution in [0.1, 0.15) is 24.2 Å². The van der Waals surface area contributed by atoms with E-state index in [0.717, 1.165) is 0 Å². The van der Waals surface area contributed by atoms with Crippen LogP contribution >= 0.6 is 0 Å². The van der Waals surface area contributed by atoms with Gasteiger partial charge in [-0.05, 0) is 25.1 Å². The predicted octanol–water partition coefficient (Wildman–Crippen LogP) is -0.742. The molecule has 242 valence electrons. The monoisotopic (exact) mass is 624 g/mol. The Kier molecular flexibility index (Phi) is 9.41. The van der Waals surface area contributed by atoms with Crippen molar-refractivity contribution in [3.8, 4) is 28.7 Å². The number of fused-ring (bicyclic) bond motifs is 1. The third kappa shape index (κ3) is 6.10. The van der Waals surface area contributed by atoms with Gasteiger partial charge in [-0.2, -0.15) is 0 Å². The highest BCUT2D eigenvalue weighted by Crippen LogP contribution is 2.45. The normalized spacial score (nSPS) is 35.2. The molecule has 3 aliphatic heterocycles. The highest BCUT2D eigenvalue weighted by Gasteiger charge is 2.48. The van der Waals surface area contributed by atoms with Crippen molar-refractivity contribution in [2.24, 2.45) is 0 Å². The van der Waals surface area contributed by atoms with Crippen LogP contribution in [0.4, 0.5) is 0 Å². The van der Waals surface area contributed by atoms with Crippen LogP contribution in [0.3, 0.4) is 0 Å². The molecule has 3 heterocycles. The van der Waals surface area contributed by atoms with E-state index in [0.29, 0.717) is 11.3 Å². The van der Waals surface area contributed by atoms with Crippen molar-refractivity contribution in [1.82, 2.24) is 0 Å². The van der Waals surface area contributed by atoms with Crippen LogP contribution in [-0.2, 0) is 18.9 Å². The summed E-state index contributed by atoms with van der Waals surface area (Å²) in [4.78, 5) is 0. The number of phenolic OH excluding ortho intramolecular Hbond substituents is 2. The number of phenols is 2. The first-order valence-corrected chi connectivity index (χ1v) is 13.8. The van der Waals surface area contributed by atoms with E-state index >= 15 is 0 Å². The fourth-order valence-electron chi connectivity index (χ4n) is 5.16. The minimum Gasteiger partial charge on any atom is -0.507 e. The van der Waals surface area contributed by atoms with Crippen molar-refractivity contribution in [1.29, 1.82) is 0 Å². The molecule has 1 unspecified atom stereocenters. The zero-order chi connectivity index (χ0) is 31.9. The third-order valence-corrected chi connectivity index (χ3v) is 7.78. The maximum Gasteiger partial charge on any atom is 0.228 e. The Balaban J connectivity index is 1.41. The van der Waals surface area contributed by atoms with Gasteiger partial charge in [0.25, 0.3) is 0 Å². The first kappa shape index (κ1) is 32.0. The van der Waals surface area contributed by atoms with E-state index in [1.807, 2.05) is 0 Å². The first-order valence-electron chi connectivity index (χ1n) is 13.8. The Morgan fingerprint density at radius 2 is 1.45 bits per heavy atom. The number of hydrogen-bond acceptors (Lipinski definition) is 15. The molecule has 0 saturated carbocycles. The largest absolute Gasteiger partial charge is 0.507 e. The summed E-state index contributed by atoms with van der Waals surface area (Å²) in [6, 6.07) is 7.33. The average Bonchev–Trinajstić information content (AvgIpc) is 3.01. The molecule has 11 atom stereocenters. The summed E-state index contributed by atoms with van der Waals surface area (Å²) in [5.74, 6) is 0.346. The second-order valence-electron chi connectivity index (χ2n) is 10.7. The molecule has 0 spiro atoms. The lowest BCUT2D eigenvalue weighted by molar-refractivity contribution is -0.324. The molecule has 2 aromatic carbocycles. The van der Waals surface area contributed by atoms with Crippen LogP contribution in [0.5, 0.6) is 28.7 Å². The van der Waals surface area contributed by atoms with E-state index in [9.17, 15) is 40.9 Å². The van der Waals surface area contributed by atoms with Crippen molar-refractivity contribution in [2.75, 3.05) is 20.8 Å². The molecule has 3 aliphatic rings. The standard InChI is InChI=1S/C29H36O15/c1-11-21(32)23(34)25(36)28(41-11)40-10-20-22(33)24(35)26(37)29(44-20)43-19-9-14-16(31)7-13(38-2)8-17(14)42-27(19)12-4-5-15(30)18(6-12)39-3/h4-9,11,20-37H,10H2,1-3H3/t11-,20-,21-,22+,23+,24+,25+,26-,27?,28+,29-/m1/s1. The van der Waals surface area contributed by atoms with Crippen LogP contribution in [0.15, 0.2) is 36.1 Å². The Morgan fingerprint density at radius 3 is 2.16 bits per heavy atom. The Labute approximate surface area is 251 Å². The molecular weight excluding hydrogens is 588 g/mol. The van der Waals surface area contributed by atoms with Crippen molar-refractivity contribution in [3.63, 3.8) is 0 Å². The predicted molar refractivity (Wildman–Crippen MR) is 147 cm³/mol. The Bertz CT molecular complexity index is 1350. The summed E-state index contributed by atoms with van der Waals surface area (Å²) in [6.45, 7) is 0.984. The zero-order valence-electron chi connectivity index (χ0n) is 24.0. The van der Waals surface area contributed by atoms with Gasteiger partial charge in [0.1, 0.15) is 65.7 Å². The van der Waals surface area contributed by atoms with Gasteiger partial charge in [-0.3, -0.25) is 0 Å². The molecule has 0 bridgehead atoms. The lowest BCUT2D eigenvalue weighted by Crippen LogP contribution is -2.61. The Morgan fingerprint density at radius 1 is 0.750 bits per heavy atom. The molecule has 0 aromatic heterocycles. The second-order valence-corrected chi connectivity index (χ2v) is 10.7. The fourth-order valence-corrected chi connectivity index (χ4v) is 5.16.